The summed E-state index contributed by atoms with van der Waals surface area (Å²) in [5.74, 6) is 0.761. The lowest BCUT2D eigenvalue weighted by Gasteiger charge is -2.19. The molecule has 120 valence electrons. The van der Waals surface area contributed by atoms with Crippen molar-refractivity contribution in [3.05, 3.63) is 35.4 Å². The van der Waals surface area contributed by atoms with E-state index in [1.807, 2.05) is 25.1 Å². The van der Waals surface area contributed by atoms with E-state index in [2.05, 4.69) is 25.2 Å². The van der Waals surface area contributed by atoms with Gasteiger partial charge in [-0.25, -0.2) is 0 Å². The molecule has 1 aromatic rings. The molecule has 21 heavy (non-hydrogen) atoms. The molecule has 0 saturated carbocycles. The average Bonchev–Trinajstić information content (AvgIpc) is 2.35. The maximum absolute atomic E-state index is 12.3. The topological polar surface area (TPSA) is 12.0 Å². The van der Waals surface area contributed by atoms with Crippen molar-refractivity contribution in [2.24, 2.45) is 5.92 Å². The summed E-state index contributed by atoms with van der Waals surface area (Å²) in [6.45, 7) is 7.85. The fourth-order valence-electron chi connectivity index (χ4n) is 2.17. The number of halogens is 3. The molecule has 0 aliphatic heterocycles. The van der Waals surface area contributed by atoms with E-state index >= 15 is 0 Å². The van der Waals surface area contributed by atoms with Crippen LogP contribution < -0.4 is 5.32 Å². The van der Waals surface area contributed by atoms with Crippen LogP contribution in [0.25, 0.3) is 0 Å². The van der Waals surface area contributed by atoms with Crippen LogP contribution in [0.4, 0.5) is 13.2 Å². The van der Waals surface area contributed by atoms with Gasteiger partial charge in [-0.2, -0.15) is 13.2 Å². The third-order valence-electron chi connectivity index (χ3n) is 3.19. The van der Waals surface area contributed by atoms with Crippen molar-refractivity contribution in [1.82, 2.24) is 5.32 Å². The molecule has 1 unspecified atom stereocenters. The van der Waals surface area contributed by atoms with Crippen molar-refractivity contribution in [3.8, 4) is 0 Å². The summed E-state index contributed by atoms with van der Waals surface area (Å²) in [6.07, 6.45) is 0.527. The van der Waals surface area contributed by atoms with Gasteiger partial charge in [0.15, 0.2) is 0 Å². The third kappa shape index (κ3) is 8.37. The molecule has 0 bridgehead atoms. The van der Waals surface area contributed by atoms with Gasteiger partial charge in [-0.15, -0.1) is 0 Å². The summed E-state index contributed by atoms with van der Waals surface area (Å²) in [6, 6.07) is 8.05. The molecule has 0 amide bonds. The summed E-state index contributed by atoms with van der Waals surface area (Å²) in [5, 5.41) is 3.36. The summed E-state index contributed by atoms with van der Waals surface area (Å²) in [5.41, 5.74) is -1.87. The Bertz CT molecular complexity index is 418. The average molecular weight is 319 g/mol. The second-order valence-electron chi connectivity index (χ2n) is 5.75. The zero-order valence-corrected chi connectivity index (χ0v) is 13.7. The van der Waals surface area contributed by atoms with E-state index in [0.29, 0.717) is 12.3 Å². The molecule has 1 rings (SSSR count). The largest absolute Gasteiger partial charge is 0.441 e. The lowest BCUT2D eigenvalue weighted by molar-refractivity contribution is -0.0328. The number of alkyl halides is 3. The van der Waals surface area contributed by atoms with E-state index in [9.17, 15) is 13.2 Å². The number of benzene rings is 1. The van der Waals surface area contributed by atoms with E-state index in [1.165, 1.54) is 0 Å². The minimum absolute atomic E-state index is 0.0727. The first-order valence-corrected chi connectivity index (χ1v) is 8.24. The zero-order valence-electron chi connectivity index (χ0n) is 12.8. The van der Waals surface area contributed by atoms with Crippen LogP contribution in [-0.4, -0.2) is 24.4 Å². The van der Waals surface area contributed by atoms with Crippen LogP contribution in [-0.2, 0) is 0 Å². The van der Waals surface area contributed by atoms with Gasteiger partial charge < -0.3 is 5.32 Å². The molecule has 0 radical (unpaired) electrons. The first kappa shape index (κ1) is 18.4. The van der Waals surface area contributed by atoms with Gasteiger partial charge in [-0.3, -0.25) is 0 Å². The van der Waals surface area contributed by atoms with Crippen molar-refractivity contribution in [2.45, 2.75) is 38.6 Å². The number of hydrogen-bond acceptors (Lipinski definition) is 2. The van der Waals surface area contributed by atoms with Crippen LogP contribution in [0.3, 0.4) is 0 Å². The first-order chi connectivity index (χ1) is 9.78. The molecule has 1 N–H and O–H groups in total. The fraction of sp³-hybridized carbons (Fsp3) is 0.625. The molecule has 0 heterocycles. The molecular formula is C16H24F3NS. The van der Waals surface area contributed by atoms with E-state index in [4.69, 9.17) is 0 Å². The highest BCUT2D eigenvalue weighted by atomic mass is 32.2. The molecule has 0 aliphatic carbocycles. The van der Waals surface area contributed by atoms with Crippen LogP contribution in [0.5, 0.6) is 0 Å². The molecule has 0 fully saturated rings. The minimum Gasteiger partial charge on any atom is -0.316 e. The van der Waals surface area contributed by atoms with Gasteiger partial charge in [-0.05, 0) is 37.3 Å². The summed E-state index contributed by atoms with van der Waals surface area (Å²) < 4.78 is 36.8. The maximum Gasteiger partial charge on any atom is 0.441 e. The highest BCUT2D eigenvalue weighted by Gasteiger charge is 2.28. The Labute approximate surface area is 129 Å². The lowest BCUT2D eigenvalue weighted by atomic mass is 9.95. The van der Waals surface area contributed by atoms with E-state index < -0.39 is 5.51 Å². The molecule has 1 atom stereocenters. The highest BCUT2D eigenvalue weighted by Crippen LogP contribution is 2.32. The predicted molar refractivity (Wildman–Crippen MR) is 84.8 cm³/mol. The standard InChI is InChI=1S/C16H24F3NS/c1-12(2)10-20-11-15(7-8-21-16(17,18)19)14-6-4-5-13(3)9-14/h4-6,9,12,15,20H,7-8,10-11H2,1-3H3. The highest BCUT2D eigenvalue weighted by molar-refractivity contribution is 8.00. The molecule has 0 aromatic heterocycles. The van der Waals surface area contributed by atoms with Gasteiger partial charge in [0.25, 0.3) is 0 Å². The molecule has 0 spiro atoms. The monoisotopic (exact) mass is 319 g/mol. The Balaban J connectivity index is 2.61. The zero-order chi connectivity index (χ0) is 15.9. The van der Waals surface area contributed by atoms with Crippen LogP contribution >= 0.6 is 11.8 Å². The quantitative estimate of drug-likeness (QED) is 0.726. The predicted octanol–water partition coefficient (Wildman–Crippen LogP) is 4.97. The molecule has 5 heteroatoms. The van der Waals surface area contributed by atoms with E-state index in [0.717, 1.165) is 24.2 Å². The van der Waals surface area contributed by atoms with Crippen molar-refractivity contribution in [3.63, 3.8) is 0 Å². The van der Waals surface area contributed by atoms with Gasteiger partial charge in [0.05, 0.1) is 0 Å². The van der Waals surface area contributed by atoms with Crippen LogP contribution in [0, 0.1) is 12.8 Å². The number of rotatable bonds is 8. The Morgan fingerprint density at radius 2 is 1.90 bits per heavy atom. The van der Waals surface area contributed by atoms with Gasteiger partial charge >= 0.3 is 5.51 Å². The molecule has 1 nitrogen and oxygen atoms in total. The Morgan fingerprint density at radius 3 is 2.48 bits per heavy atom. The Kier molecular flexibility index (Phi) is 7.60. The SMILES string of the molecule is Cc1cccc(C(CCSC(F)(F)F)CNCC(C)C)c1. The van der Waals surface area contributed by atoms with Gasteiger partial charge in [0, 0.05) is 12.3 Å². The van der Waals surface area contributed by atoms with E-state index in [1.54, 1.807) is 0 Å². The van der Waals surface area contributed by atoms with Gasteiger partial charge in [-0.1, -0.05) is 55.4 Å². The van der Waals surface area contributed by atoms with Crippen LogP contribution in [0.2, 0.25) is 0 Å². The van der Waals surface area contributed by atoms with Crippen molar-refractivity contribution in [1.29, 1.82) is 0 Å². The molecular weight excluding hydrogens is 295 g/mol. The smallest absolute Gasteiger partial charge is 0.316 e. The summed E-state index contributed by atoms with van der Waals surface area (Å²) >= 11 is 0.0727. The Morgan fingerprint density at radius 1 is 1.19 bits per heavy atom. The summed E-state index contributed by atoms with van der Waals surface area (Å²) in [4.78, 5) is 0. The second kappa shape index (κ2) is 8.69. The van der Waals surface area contributed by atoms with Crippen molar-refractivity contribution < 1.29 is 13.2 Å². The van der Waals surface area contributed by atoms with Crippen molar-refractivity contribution in [2.75, 3.05) is 18.8 Å². The Hall–Kier alpha value is -0.680. The van der Waals surface area contributed by atoms with Crippen molar-refractivity contribution >= 4 is 11.8 Å². The fourth-order valence-corrected chi connectivity index (χ4v) is 2.81. The van der Waals surface area contributed by atoms with Gasteiger partial charge in [0.1, 0.15) is 0 Å². The van der Waals surface area contributed by atoms with Crippen LogP contribution in [0.1, 0.15) is 37.3 Å². The lowest BCUT2D eigenvalue weighted by Crippen LogP contribution is -2.26. The minimum atomic E-state index is -4.14. The van der Waals surface area contributed by atoms with E-state index in [-0.39, 0.29) is 23.4 Å². The molecule has 0 saturated heterocycles. The van der Waals surface area contributed by atoms with Crippen LogP contribution in [0.15, 0.2) is 24.3 Å². The second-order valence-corrected chi connectivity index (χ2v) is 6.91. The molecule has 1 aromatic carbocycles. The number of aryl methyl sites for hydroxylation is 1. The maximum atomic E-state index is 12.3. The third-order valence-corrected chi connectivity index (χ3v) is 3.96. The number of nitrogens with one attached hydrogen (secondary N) is 1. The van der Waals surface area contributed by atoms with Gasteiger partial charge in [0.2, 0.25) is 0 Å². The number of hydrogen-bond donors (Lipinski definition) is 1. The summed E-state index contributed by atoms with van der Waals surface area (Å²) in [7, 11) is 0. The number of thioether (sulfide) groups is 1. The normalized spacial score (nSPS) is 13.7. The molecule has 0 aliphatic rings. The first-order valence-electron chi connectivity index (χ1n) is 7.26.